The molecule has 0 aromatic heterocycles. The molecule has 0 N–H and O–H groups in total. The SMILES string of the molecule is CCOSP(=S)(SOCC)C1(Cl)C(Cl)C(=O)N(c2ccc(C#N)cc2)S1=O. The Kier molecular flexibility index (Phi) is 8.50. The van der Waals surface area contributed by atoms with Crippen LogP contribution in [0, 0.1) is 11.3 Å². The lowest BCUT2D eigenvalue weighted by atomic mass is 10.2. The Bertz CT molecular complexity index is 810. The number of nitrogens with zero attached hydrogens (tertiary/aromatic N) is 2. The highest BCUT2D eigenvalue weighted by Gasteiger charge is 2.66. The smallest absolute Gasteiger partial charge is 0.260 e. The minimum absolute atomic E-state index is 0.315. The lowest BCUT2D eigenvalue weighted by Gasteiger charge is -2.32. The van der Waals surface area contributed by atoms with Crippen molar-refractivity contribution in [3.63, 3.8) is 0 Å². The van der Waals surface area contributed by atoms with Crippen LogP contribution < -0.4 is 4.31 Å². The van der Waals surface area contributed by atoms with Crippen LogP contribution in [0.25, 0.3) is 0 Å². The van der Waals surface area contributed by atoms with Crippen LogP contribution in [-0.2, 0) is 36.0 Å². The van der Waals surface area contributed by atoms with Crippen molar-refractivity contribution in [2.24, 2.45) is 0 Å². The summed E-state index contributed by atoms with van der Waals surface area (Å²) in [6, 6.07) is 8.02. The maximum atomic E-state index is 13.3. The van der Waals surface area contributed by atoms with Crippen LogP contribution in [0.1, 0.15) is 19.4 Å². The summed E-state index contributed by atoms with van der Waals surface area (Å²) in [6.45, 7) is 4.24. The highest BCUT2D eigenvalue weighted by molar-refractivity contribution is 9.00. The fraction of sp³-hybridized carbons (Fsp3) is 0.429. The zero-order chi connectivity index (χ0) is 20.2. The molecule has 13 heteroatoms. The van der Waals surface area contributed by atoms with E-state index in [0.717, 1.165) is 27.6 Å². The van der Waals surface area contributed by atoms with Gasteiger partial charge in [0.25, 0.3) is 5.91 Å². The zero-order valence-corrected chi connectivity index (χ0v) is 19.8. The first-order valence-electron chi connectivity index (χ1n) is 7.58. The second-order valence-corrected chi connectivity index (χ2v) is 18.7. The summed E-state index contributed by atoms with van der Waals surface area (Å²) in [5.41, 5.74) is 0.717. The van der Waals surface area contributed by atoms with Crippen molar-refractivity contribution in [2.45, 2.75) is 23.2 Å². The van der Waals surface area contributed by atoms with Crippen molar-refractivity contribution < 1.29 is 17.4 Å². The van der Waals surface area contributed by atoms with Gasteiger partial charge in [-0.1, -0.05) is 23.4 Å². The molecule has 1 fully saturated rings. The van der Waals surface area contributed by atoms with Gasteiger partial charge in [0.15, 0.2) is 16.4 Å². The van der Waals surface area contributed by atoms with Crippen LogP contribution in [0.5, 0.6) is 0 Å². The molecule has 2 rings (SSSR count). The van der Waals surface area contributed by atoms with Gasteiger partial charge < -0.3 is 8.37 Å². The zero-order valence-electron chi connectivity index (χ0n) is 14.2. The van der Waals surface area contributed by atoms with Gasteiger partial charge in [0, 0.05) is 23.3 Å². The molecule has 1 aliphatic rings. The number of rotatable bonds is 8. The fourth-order valence-corrected chi connectivity index (χ4v) is 14.6. The quantitative estimate of drug-likeness (QED) is 0.285. The summed E-state index contributed by atoms with van der Waals surface area (Å²) in [4.78, 5) is 12.8. The third-order valence-corrected chi connectivity index (χ3v) is 18.9. The molecule has 148 valence electrons. The lowest BCUT2D eigenvalue weighted by Crippen LogP contribution is -2.32. The number of nitriles is 1. The van der Waals surface area contributed by atoms with Crippen molar-refractivity contribution >= 4 is 85.4 Å². The minimum Gasteiger partial charge on any atom is -0.310 e. The van der Waals surface area contributed by atoms with Gasteiger partial charge in [-0.05, 0) is 38.1 Å². The summed E-state index contributed by atoms with van der Waals surface area (Å²) < 4.78 is 20.4. The maximum Gasteiger partial charge on any atom is 0.260 e. The van der Waals surface area contributed by atoms with Gasteiger partial charge in [-0.15, -0.1) is 11.6 Å². The third-order valence-electron chi connectivity index (χ3n) is 3.28. The molecule has 1 aliphatic heterocycles. The average Bonchev–Trinajstić information content (AvgIpc) is 2.86. The van der Waals surface area contributed by atoms with E-state index in [4.69, 9.17) is 48.6 Å². The molecule has 0 aliphatic carbocycles. The molecule has 27 heavy (non-hydrogen) atoms. The van der Waals surface area contributed by atoms with E-state index in [1.807, 2.05) is 6.07 Å². The molecule has 1 saturated heterocycles. The van der Waals surface area contributed by atoms with Crippen LogP contribution in [-0.4, -0.2) is 32.7 Å². The van der Waals surface area contributed by atoms with E-state index in [0.29, 0.717) is 24.5 Å². The topological polar surface area (TPSA) is 79.6 Å². The summed E-state index contributed by atoms with van der Waals surface area (Å²) in [7, 11) is -2.08. The Morgan fingerprint density at radius 3 is 2.30 bits per heavy atom. The number of alkyl halides is 2. The number of hydrogen-bond donors (Lipinski definition) is 0. The van der Waals surface area contributed by atoms with Gasteiger partial charge in [0.2, 0.25) is 3.95 Å². The number of carbonyl (C=O) groups excluding carboxylic acids is 1. The minimum atomic E-state index is -2.99. The number of halogens is 2. The van der Waals surface area contributed by atoms with E-state index in [1.165, 1.54) is 24.3 Å². The molecular weight excluding hydrogens is 490 g/mol. The number of anilines is 1. The summed E-state index contributed by atoms with van der Waals surface area (Å²) in [5, 5.41) is 7.59. The molecule has 3 atom stereocenters. The van der Waals surface area contributed by atoms with Crippen LogP contribution >= 0.6 is 51.0 Å². The molecular formula is C14H15Cl2N2O4PS4. The summed E-state index contributed by atoms with van der Waals surface area (Å²) >= 11 is 20.6. The van der Waals surface area contributed by atoms with Crippen LogP contribution in [0.2, 0.25) is 0 Å². The van der Waals surface area contributed by atoms with Crippen molar-refractivity contribution in [2.75, 3.05) is 17.5 Å². The molecule has 1 aromatic rings. The lowest BCUT2D eigenvalue weighted by molar-refractivity contribution is -0.116. The Hall–Kier alpha value is 0.180. The fourth-order valence-electron chi connectivity index (χ4n) is 2.04. The van der Waals surface area contributed by atoms with E-state index in [1.54, 1.807) is 13.8 Å². The van der Waals surface area contributed by atoms with E-state index in [-0.39, 0.29) is 0 Å². The van der Waals surface area contributed by atoms with Crippen molar-refractivity contribution in [1.29, 1.82) is 5.26 Å². The Balaban J connectivity index is 2.48. The molecule has 0 bridgehead atoms. The predicted molar refractivity (Wildman–Crippen MR) is 118 cm³/mol. The highest BCUT2D eigenvalue weighted by Crippen LogP contribution is 2.82. The molecule has 1 amide bonds. The Labute approximate surface area is 183 Å². The van der Waals surface area contributed by atoms with E-state index >= 15 is 0 Å². The molecule has 0 spiro atoms. The largest absolute Gasteiger partial charge is 0.310 e. The number of benzene rings is 1. The Morgan fingerprint density at radius 1 is 1.33 bits per heavy atom. The van der Waals surface area contributed by atoms with Gasteiger partial charge in [-0.25, -0.2) is 8.51 Å². The van der Waals surface area contributed by atoms with E-state index < -0.39 is 30.7 Å². The second kappa shape index (κ2) is 9.79. The van der Waals surface area contributed by atoms with E-state index in [9.17, 15) is 9.00 Å². The highest BCUT2D eigenvalue weighted by atomic mass is 35.5. The predicted octanol–water partition coefficient (Wildman–Crippen LogP) is 4.75. The molecule has 0 radical (unpaired) electrons. The van der Waals surface area contributed by atoms with Crippen LogP contribution in [0.15, 0.2) is 24.3 Å². The molecule has 6 nitrogen and oxygen atoms in total. The van der Waals surface area contributed by atoms with E-state index in [2.05, 4.69) is 0 Å². The standard InChI is InChI=1S/C14H15Cl2N2O4PS4/c1-3-21-25-23(24,26-22-4-2)14(16)12(15)13(19)18(27(14)20)11-7-5-10(9-17)6-8-11/h5-8,12H,3-4H2,1-2H3. The van der Waals surface area contributed by atoms with Crippen molar-refractivity contribution in [1.82, 2.24) is 0 Å². The number of carbonyl (C=O) groups is 1. The molecule has 0 saturated carbocycles. The third kappa shape index (κ3) is 4.37. The molecule has 3 unspecified atom stereocenters. The first-order chi connectivity index (χ1) is 12.8. The van der Waals surface area contributed by atoms with Gasteiger partial charge in [0.05, 0.1) is 30.5 Å². The normalized spacial score (nSPS) is 25.6. The summed E-state index contributed by atoms with van der Waals surface area (Å²) in [6.07, 6.45) is 0. The summed E-state index contributed by atoms with van der Waals surface area (Å²) in [5.74, 6) is -0.627. The number of hydrogen-bond acceptors (Lipinski definition) is 8. The van der Waals surface area contributed by atoms with Crippen molar-refractivity contribution in [3.05, 3.63) is 29.8 Å². The van der Waals surface area contributed by atoms with Gasteiger partial charge in [-0.3, -0.25) is 4.79 Å². The van der Waals surface area contributed by atoms with Crippen LogP contribution in [0.3, 0.4) is 0 Å². The molecule has 1 aromatic carbocycles. The van der Waals surface area contributed by atoms with Crippen LogP contribution in [0.4, 0.5) is 5.69 Å². The van der Waals surface area contributed by atoms with Gasteiger partial charge in [0.1, 0.15) is 4.44 Å². The monoisotopic (exact) mass is 504 g/mol. The Morgan fingerprint density at radius 2 is 1.85 bits per heavy atom. The first kappa shape index (κ1) is 23.5. The first-order valence-corrected chi connectivity index (χ1v) is 15.0. The average molecular weight is 505 g/mol. The van der Waals surface area contributed by atoms with Gasteiger partial charge in [-0.2, -0.15) is 5.26 Å². The van der Waals surface area contributed by atoms with Crippen molar-refractivity contribution in [3.8, 4) is 6.07 Å². The maximum absolute atomic E-state index is 13.3. The second-order valence-electron chi connectivity index (χ2n) is 4.97. The number of amides is 1. The van der Waals surface area contributed by atoms with Gasteiger partial charge >= 0.3 is 0 Å². The molecule has 1 heterocycles.